The predicted octanol–water partition coefficient (Wildman–Crippen LogP) is 7.64. The zero-order valence-corrected chi connectivity index (χ0v) is 19.9. The quantitative estimate of drug-likeness (QED) is 0.0829. The molecule has 0 saturated carbocycles. The van der Waals surface area contributed by atoms with Gasteiger partial charge in [0.1, 0.15) is 0 Å². The molecule has 1 N–H and O–H groups in total. The van der Waals surface area contributed by atoms with Gasteiger partial charge in [-0.2, -0.15) is 0 Å². The predicted molar refractivity (Wildman–Crippen MR) is 125 cm³/mol. The summed E-state index contributed by atoms with van der Waals surface area (Å²) in [6.45, 7) is 5.77. The van der Waals surface area contributed by atoms with Crippen LogP contribution in [-0.2, 0) is 14.1 Å². The summed E-state index contributed by atoms with van der Waals surface area (Å²) in [5.41, 5.74) is 0. The van der Waals surface area contributed by atoms with Gasteiger partial charge in [-0.1, -0.05) is 110 Å². The van der Waals surface area contributed by atoms with Gasteiger partial charge in [-0.3, -0.25) is 4.57 Å². The van der Waals surface area contributed by atoms with Gasteiger partial charge in [-0.15, -0.1) is 0 Å². The van der Waals surface area contributed by atoms with E-state index in [1.807, 2.05) is 0 Å². The molecular formula is C24H47O4P. The van der Waals surface area contributed by atoms with Crippen LogP contribution in [0.2, 0.25) is 0 Å². The number of ether oxygens (including phenoxy) is 1. The van der Waals surface area contributed by atoms with Crippen molar-refractivity contribution in [3.63, 3.8) is 0 Å². The van der Waals surface area contributed by atoms with E-state index in [1.54, 1.807) is 0 Å². The van der Waals surface area contributed by atoms with E-state index in [9.17, 15) is 14.3 Å². The monoisotopic (exact) mass is 430 g/mol. The number of esters is 1. The second kappa shape index (κ2) is 20.7. The van der Waals surface area contributed by atoms with Crippen molar-refractivity contribution >= 4 is 13.3 Å². The van der Waals surface area contributed by atoms with E-state index in [2.05, 4.69) is 13.5 Å². The first-order valence-electron chi connectivity index (χ1n) is 12.1. The number of hydrogen-bond acceptors (Lipinski definition) is 3. The number of carbonyl (C=O) groups excluding carboxylic acids is 1. The number of unbranched alkanes of at least 4 members (excludes halogenated alkanes) is 15. The molecule has 0 bridgehead atoms. The topological polar surface area (TPSA) is 63.6 Å². The van der Waals surface area contributed by atoms with Crippen molar-refractivity contribution in [1.82, 2.24) is 0 Å². The van der Waals surface area contributed by atoms with Gasteiger partial charge in [-0.05, 0) is 12.8 Å². The summed E-state index contributed by atoms with van der Waals surface area (Å²) in [6, 6.07) is 0. The van der Waals surface area contributed by atoms with Crippen LogP contribution in [0.25, 0.3) is 0 Å². The molecule has 172 valence electrons. The van der Waals surface area contributed by atoms with Crippen LogP contribution in [0.5, 0.6) is 0 Å². The highest BCUT2D eigenvalue weighted by molar-refractivity contribution is 7.57. The lowest BCUT2D eigenvalue weighted by molar-refractivity contribution is -0.137. The molecule has 0 radical (unpaired) electrons. The summed E-state index contributed by atoms with van der Waals surface area (Å²) in [5, 5.41) is 0. The maximum absolute atomic E-state index is 12.1. The summed E-state index contributed by atoms with van der Waals surface area (Å²) < 4.78 is 16.9. The Labute approximate surface area is 180 Å². The largest absolute Gasteiger partial charge is 0.463 e. The molecule has 0 amide bonds. The van der Waals surface area contributed by atoms with Crippen molar-refractivity contribution in [2.75, 3.05) is 18.9 Å². The summed E-state index contributed by atoms with van der Waals surface area (Å²) in [4.78, 5) is 20.8. The van der Waals surface area contributed by atoms with Crippen LogP contribution in [-0.4, -0.2) is 29.8 Å². The minimum Gasteiger partial charge on any atom is -0.463 e. The molecule has 4 nitrogen and oxygen atoms in total. The number of carbonyl (C=O) groups is 1. The molecule has 0 aliphatic carbocycles. The highest BCUT2D eigenvalue weighted by Gasteiger charge is 2.17. The van der Waals surface area contributed by atoms with Gasteiger partial charge in [0.25, 0.3) is 0 Å². The Morgan fingerprint density at radius 1 is 0.759 bits per heavy atom. The molecule has 0 aliphatic heterocycles. The van der Waals surface area contributed by atoms with E-state index in [-0.39, 0.29) is 12.8 Å². The third-order valence-corrected chi connectivity index (χ3v) is 7.45. The highest BCUT2D eigenvalue weighted by atomic mass is 31.2. The third kappa shape index (κ3) is 21.9. The van der Waals surface area contributed by atoms with E-state index in [1.165, 1.54) is 83.5 Å². The number of rotatable bonds is 22. The summed E-state index contributed by atoms with van der Waals surface area (Å²) in [7, 11) is -3.07. The molecule has 0 spiro atoms. The summed E-state index contributed by atoms with van der Waals surface area (Å²) >= 11 is 0. The molecule has 0 saturated heterocycles. The average molecular weight is 431 g/mol. The minimum absolute atomic E-state index is 0.189. The van der Waals surface area contributed by atoms with Crippen molar-refractivity contribution < 1.29 is 19.0 Å². The van der Waals surface area contributed by atoms with Gasteiger partial charge in [0.05, 0.1) is 6.61 Å². The van der Waals surface area contributed by atoms with Gasteiger partial charge < -0.3 is 9.63 Å². The van der Waals surface area contributed by atoms with Crippen LogP contribution in [0.1, 0.15) is 116 Å². The minimum atomic E-state index is -3.07. The first-order chi connectivity index (χ1) is 14.0. The van der Waals surface area contributed by atoms with Crippen molar-refractivity contribution in [2.24, 2.45) is 0 Å². The second-order valence-corrected chi connectivity index (χ2v) is 10.9. The maximum Gasteiger partial charge on any atom is 0.330 e. The van der Waals surface area contributed by atoms with E-state index in [4.69, 9.17) is 4.74 Å². The molecule has 0 aromatic carbocycles. The highest BCUT2D eigenvalue weighted by Crippen LogP contribution is 2.42. The van der Waals surface area contributed by atoms with Crippen LogP contribution in [0.4, 0.5) is 0 Å². The fourth-order valence-electron chi connectivity index (χ4n) is 3.56. The molecule has 0 rings (SSSR count). The molecule has 5 heteroatoms. The van der Waals surface area contributed by atoms with Crippen LogP contribution in [0.3, 0.4) is 0 Å². The summed E-state index contributed by atoms with van der Waals surface area (Å²) in [5.74, 6) is -0.476. The lowest BCUT2D eigenvalue weighted by Crippen LogP contribution is -2.04. The summed E-state index contributed by atoms with van der Waals surface area (Å²) in [6.07, 6.45) is 23.0. The zero-order chi connectivity index (χ0) is 21.6. The molecule has 0 aromatic rings. The van der Waals surface area contributed by atoms with E-state index >= 15 is 0 Å². The van der Waals surface area contributed by atoms with Crippen molar-refractivity contribution in [2.45, 2.75) is 116 Å². The second-order valence-electron chi connectivity index (χ2n) is 8.32. The number of hydrogen-bond donors (Lipinski definition) is 1. The molecule has 1 unspecified atom stereocenters. The van der Waals surface area contributed by atoms with E-state index < -0.39 is 13.3 Å². The van der Waals surface area contributed by atoms with E-state index in [0.717, 1.165) is 25.3 Å². The van der Waals surface area contributed by atoms with Crippen LogP contribution in [0, 0.1) is 0 Å². The molecule has 0 heterocycles. The van der Waals surface area contributed by atoms with Crippen molar-refractivity contribution in [3.05, 3.63) is 12.7 Å². The lowest BCUT2D eigenvalue weighted by atomic mass is 10.0. The van der Waals surface area contributed by atoms with Gasteiger partial charge in [0, 0.05) is 18.4 Å². The first kappa shape index (κ1) is 28.4. The zero-order valence-electron chi connectivity index (χ0n) is 19.0. The molecule has 0 aromatic heterocycles. The molecule has 29 heavy (non-hydrogen) atoms. The smallest absolute Gasteiger partial charge is 0.330 e. The van der Waals surface area contributed by atoms with Gasteiger partial charge >= 0.3 is 5.97 Å². The fraction of sp³-hybridized carbons (Fsp3) is 0.875. The third-order valence-electron chi connectivity index (χ3n) is 5.42. The van der Waals surface area contributed by atoms with Gasteiger partial charge in [0.2, 0.25) is 7.37 Å². The Hall–Kier alpha value is -0.600. The maximum atomic E-state index is 12.1. The van der Waals surface area contributed by atoms with Crippen LogP contribution in [0.15, 0.2) is 12.7 Å². The van der Waals surface area contributed by atoms with Crippen LogP contribution < -0.4 is 0 Å². The lowest BCUT2D eigenvalue weighted by Gasteiger charge is -2.11. The standard InChI is InChI=1S/C24H47O4P/c1-3-5-6-7-8-9-10-11-12-13-14-15-16-17-18-19-22-29(26,27)23-20-21-28-24(25)4-2/h4H,2-3,5-23H2,1H3,(H,26,27). The van der Waals surface area contributed by atoms with Crippen LogP contribution >= 0.6 is 7.37 Å². The Kier molecular flexibility index (Phi) is 20.2. The van der Waals surface area contributed by atoms with Crippen molar-refractivity contribution in [1.29, 1.82) is 0 Å². The Bertz CT molecular complexity index is 437. The fourth-order valence-corrected chi connectivity index (χ4v) is 5.13. The van der Waals surface area contributed by atoms with Crippen molar-refractivity contribution in [3.8, 4) is 0 Å². The Morgan fingerprint density at radius 3 is 1.55 bits per heavy atom. The Balaban J connectivity index is 3.30. The van der Waals surface area contributed by atoms with Gasteiger partial charge in [0.15, 0.2) is 0 Å². The normalized spacial score (nSPS) is 13.2. The first-order valence-corrected chi connectivity index (χ1v) is 14.1. The molecule has 0 fully saturated rings. The average Bonchev–Trinajstić information content (AvgIpc) is 2.70. The molecule has 0 aliphatic rings. The SMILES string of the molecule is C=CC(=O)OCCCP(=O)(O)CCCCCCCCCCCCCCCCCC. The molecular weight excluding hydrogens is 383 g/mol. The molecule has 1 atom stereocenters. The van der Waals surface area contributed by atoms with Gasteiger partial charge in [-0.25, -0.2) is 4.79 Å². The Morgan fingerprint density at radius 2 is 1.14 bits per heavy atom. The van der Waals surface area contributed by atoms with E-state index in [0.29, 0.717) is 12.6 Å².